The van der Waals surface area contributed by atoms with E-state index in [0.29, 0.717) is 28.9 Å². The van der Waals surface area contributed by atoms with E-state index < -0.39 is 0 Å². The molecule has 0 saturated heterocycles. The topological polar surface area (TPSA) is 35.2 Å². The summed E-state index contributed by atoms with van der Waals surface area (Å²) in [6, 6.07) is 10.4. The van der Waals surface area contributed by atoms with Crippen LogP contribution in [0.3, 0.4) is 0 Å². The molecule has 0 aromatic heterocycles. The summed E-state index contributed by atoms with van der Waals surface area (Å²) in [4.78, 5) is 0. The molecule has 2 N–H and O–H groups in total. The van der Waals surface area contributed by atoms with Crippen LogP contribution in [0.5, 0.6) is 11.5 Å². The van der Waals surface area contributed by atoms with Gasteiger partial charge in [0.05, 0.1) is 4.47 Å². The summed E-state index contributed by atoms with van der Waals surface area (Å²) in [6.07, 6.45) is 0.702. The molecule has 0 fully saturated rings. The van der Waals surface area contributed by atoms with E-state index in [4.69, 9.17) is 10.5 Å². The Kier molecular flexibility index (Phi) is 4.96. The second kappa shape index (κ2) is 6.50. The van der Waals surface area contributed by atoms with Crippen molar-refractivity contribution in [3.8, 4) is 11.5 Å². The molecule has 0 atom stereocenters. The van der Waals surface area contributed by atoms with Crippen LogP contribution in [0.4, 0.5) is 4.39 Å². The molecule has 0 aliphatic rings. The van der Waals surface area contributed by atoms with Crippen molar-refractivity contribution in [2.45, 2.75) is 6.42 Å². The van der Waals surface area contributed by atoms with Gasteiger partial charge < -0.3 is 10.5 Å². The smallest absolute Gasteiger partial charge is 0.141 e. The fourth-order valence-corrected chi connectivity index (χ4v) is 2.32. The average molecular weight is 389 g/mol. The molecule has 2 nitrogen and oxygen atoms in total. The highest BCUT2D eigenvalue weighted by Crippen LogP contribution is 2.30. The summed E-state index contributed by atoms with van der Waals surface area (Å²) in [7, 11) is 0. The molecule has 0 radical (unpaired) electrons. The first-order valence-electron chi connectivity index (χ1n) is 5.71. The SMILES string of the molecule is NCCc1cc(Br)ccc1Oc1ccc(Br)c(F)c1. The third kappa shape index (κ3) is 3.78. The molecular formula is C14H12Br2FNO. The molecule has 0 aliphatic heterocycles. The fraction of sp³-hybridized carbons (Fsp3) is 0.143. The minimum Gasteiger partial charge on any atom is -0.457 e. The Morgan fingerprint density at radius 3 is 2.58 bits per heavy atom. The van der Waals surface area contributed by atoms with E-state index in [0.717, 1.165) is 10.0 Å². The molecule has 2 rings (SSSR count). The van der Waals surface area contributed by atoms with Gasteiger partial charge in [-0.25, -0.2) is 4.39 Å². The number of hydrogen-bond acceptors (Lipinski definition) is 2. The van der Waals surface area contributed by atoms with Crippen LogP contribution >= 0.6 is 31.9 Å². The van der Waals surface area contributed by atoms with Crippen molar-refractivity contribution in [3.05, 3.63) is 56.7 Å². The molecule has 0 spiro atoms. The summed E-state index contributed by atoms with van der Waals surface area (Å²) < 4.78 is 20.5. The highest BCUT2D eigenvalue weighted by molar-refractivity contribution is 9.10. The number of halogens is 3. The van der Waals surface area contributed by atoms with Gasteiger partial charge in [-0.05, 0) is 64.8 Å². The Labute approximate surface area is 128 Å². The Morgan fingerprint density at radius 2 is 1.89 bits per heavy atom. The third-order valence-electron chi connectivity index (χ3n) is 2.56. The van der Waals surface area contributed by atoms with Crippen LogP contribution in [0, 0.1) is 5.82 Å². The number of rotatable bonds is 4. The molecule has 0 amide bonds. The van der Waals surface area contributed by atoms with Crippen molar-refractivity contribution >= 4 is 31.9 Å². The van der Waals surface area contributed by atoms with Gasteiger partial charge in [0.15, 0.2) is 0 Å². The molecule has 0 aliphatic carbocycles. The van der Waals surface area contributed by atoms with Crippen LogP contribution in [-0.4, -0.2) is 6.54 Å². The molecule has 2 aromatic carbocycles. The standard InChI is InChI=1S/C14H12Br2FNO/c15-10-1-4-14(9(7-10)5-6-18)19-11-2-3-12(16)13(17)8-11/h1-4,7-8H,5-6,18H2. The monoisotopic (exact) mass is 387 g/mol. The van der Waals surface area contributed by atoms with E-state index in [-0.39, 0.29) is 5.82 Å². The summed E-state index contributed by atoms with van der Waals surface area (Å²) in [6.45, 7) is 0.529. The first-order valence-corrected chi connectivity index (χ1v) is 7.30. The first-order chi connectivity index (χ1) is 9.10. The summed E-state index contributed by atoms with van der Waals surface area (Å²) in [5, 5.41) is 0. The van der Waals surface area contributed by atoms with Gasteiger partial charge in [0.1, 0.15) is 17.3 Å². The second-order valence-corrected chi connectivity index (χ2v) is 5.74. The van der Waals surface area contributed by atoms with E-state index in [1.807, 2.05) is 18.2 Å². The van der Waals surface area contributed by atoms with Gasteiger partial charge in [-0.15, -0.1) is 0 Å². The van der Waals surface area contributed by atoms with Crippen LogP contribution in [0.15, 0.2) is 45.3 Å². The summed E-state index contributed by atoms with van der Waals surface area (Å²) in [5.41, 5.74) is 6.57. The van der Waals surface area contributed by atoms with E-state index in [9.17, 15) is 4.39 Å². The quantitative estimate of drug-likeness (QED) is 0.827. The van der Waals surface area contributed by atoms with E-state index >= 15 is 0 Å². The van der Waals surface area contributed by atoms with Gasteiger partial charge in [0, 0.05) is 10.5 Å². The lowest BCUT2D eigenvalue weighted by Crippen LogP contribution is -2.04. The van der Waals surface area contributed by atoms with E-state index in [1.54, 1.807) is 12.1 Å². The minimum absolute atomic E-state index is 0.352. The van der Waals surface area contributed by atoms with Crippen LogP contribution in [0.1, 0.15) is 5.56 Å². The average Bonchev–Trinajstić information content (AvgIpc) is 2.37. The van der Waals surface area contributed by atoms with Crippen molar-refractivity contribution in [1.82, 2.24) is 0 Å². The van der Waals surface area contributed by atoms with Crippen molar-refractivity contribution < 1.29 is 9.13 Å². The van der Waals surface area contributed by atoms with Gasteiger partial charge in [-0.2, -0.15) is 0 Å². The maximum atomic E-state index is 13.4. The zero-order valence-electron chi connectivity index (χ0n) is 10.00. The van der Waals surface area contributed by atoms with Crippen LogP contribution in [-0.2, 0) is 6.42 Å². The Balaban J connectivity index is 2.29. The lowest BCUT2D eigenvalue weighted by Gasteiger charge is -2.11. The number of hydrogen-bond donors (Lipinski definition) is 1. The lowest BCUT2D eigenvalue weighted by molar-refractivity contribution is 0.470. The maximum Gasteiger partial charge on any atom is 0.141 e. The number of ether oxygens (including phenoxy) is 1. The summed E-state index contributed by atoms with van der Waals surface area (Å²) in [5.74, 6) is 0.798. The molecule has 0 bridgehead atoms. The van der Waals surface area contributed by atoms with E-state index in [2.05, 4.69) is 31.9 Å². The van der Waals surface area contributed by atoms with Gasteiger partial charge in [-0.3, -0.25) is 0 Å². The number of benzene rings is 2. The Hall–Kier alpha value is -0.910. The number of nitrogens with two attached hydrogens (primary N) is 1. The molecule has 5 heteroatoms. The fourth-order valence-electron chi connectivity index (χ4n) is 1.67. The van der Waals surface area contributed by atoms with Crippen molar-refractivity contribution in [2.75, 3.05) is 6.54 Å². The highest BCUT2D eigenvalue weighted by Gasteiger charge is 2.07. The van der Waals surface area contributed by atoms with Gasteiger partial charge in [-0.1, -0.05) is 15.9 Å². The van der Waals surface area contributed by atoms with Gasteiger partial charge in [0.2, 0.25) is 0 Å². The van der Waals surface area contributed by atoms with Gasteiger partial charge in [0.25, 0.3) is 0 Å². The van der Waals surface area contributed by atoms with Crippen LogP contribution in [0.25, 0.3) is 0 Å². The molecule has 100 valence electrons. The maximum absolute atomic E-state index is 13.4. The largest absolute Gasteiger partial charge is 0.457 e. The van der Waals surface area contributed by atoms with E-state index in [1.165, 1.54) is 6.07 Å². The first kappa shape index (κ1) is 14.5. The highest BCUT2D eigenvalue weighted by atomic mass is 79.9. The molecule has 0 unspecified atom stereocenters. The molecule has 0 heterocycles. The lowest BCUT2D eigenvalue weighted by atomic mass is 10.1. The minimum atomic E-state index is -0.352. The zero-order valence-corrected chi connectivity index (χ0v) is 13.2. The predicted octanol–water partition coefficient (Wildman–Crippen LogP) is 4.64. The summed E-state index contributed by atoms with van der Waals surface area (Å²) >= 11 is 6.52. The molecule has 2 aromatic rings. The molecule has 19 heavy (non-hydrogen) atoms. The molecule has 0 saturated carbocycles. The van der Waals surface area contributed by atoms with Crippen LogP contribution in [0.2, 0.25) is 0 Å². The van der Waals surface area contributed by atoms with Crippen molar-refractivity contribution in [3.63, 3.8) is 0 Å². The second-order valence-electron chi connectivity index (χ2n) is 3.97. The zero-order chi connectivity index (χ0) is 13.8. The van der Waals surface area contributed by atoms with Crippen molar-refractivity contribution in [1.29, 1.82) is 0 Å². The Bertz CT molecular complexity index is 590. The predicted molar refractivity (Wildman–Crippen MR) is 81.1 cm³/mol. The Morgan fingerprint density at radius 1 is 1.11 bits per heavy atom. The van der Waals surface area contributed by atoms with Gasteiger partial charge >= 0.3 is 0 Å². The van der Waals surface area contributed by atoms with Crippen molar-refractivity contribution in [2.24, 2.45) is 5.73 Å². The van der Waals surface area contributed by atoms with Crippen LogP contribution < -0.4 is 10.5 Å². The third-order valence-corrected chi connectivity index (χ3v) is 3.69. The normalized spacial score (nSPS) is 10.5. The molecular weight excluding hydrogens is 377 g/mol.